The number of esters is 1. The van der Waals surface area contributed by atoms with Crippen LogP contribution in [0.5, 0.6) is 0 Å². The highest BCUT2D eigenvalue weighted by Gasteiger charge is 2.16. The Morgan fingerprint density at radius 2 is 1.63 bits per heavy atom. The van der Waals surface area contributed by atoms with Gasteiger partial charge in [0, 0.05) is 0 Å². The van der Waals surface area contributed by atoms with Crippen molar-refractivity contribution < 1.29 is 14.3 Å². The van der Waals surface area contributed by atoms with Gasteiger partial charge in [-0.3, -0.25) is 4.79 Å². The summed E-state index contributed by atoms with van der Waals surface area (Å²) in [6.07, 6.45) is 1.77. The Hall–Kier alpha value is -3.14. The molecule has 0 aliphatic heterocycles. The molecule has 0 aromatic heterocycles. The molecule has 1 amide bonds. The Labute approximate surface area is 159 Å². The van der Waals surface area contributed by atoms with Gasteiger partial charge in [0.25, 0.3) is 5.91 Å². The molecule has 3 aromatic rings. The van der Waals surface area contributed by atoms with Crippen molar-refractivity contribution in [1.29, 1.82) is 0 Å². The van der Waals surface area contributed by atoms with Gasteiger partial charge >= 0.3 is 5.97 Å². The topological polar surface area (TPSA) is 55.4 Å². The van der Waals surface area contributed by atoms with Crippen LogP contribution in [0.25, 0.3) is 10.8 Å². The van der Waals surface area contributed by atoms with Gasteiger partial charge in [0.1, 0.15) is 0 Å². The monoisotopic (exact) mass is 361 g/mol. The van der Waals surface area contributed by atoms with Crippen LogP contribution < -0.4 is 5.32 Å². The number of amides is 1. The van der Waals surface area contributed by atoms with E-state index in [2.05, 4.69) is 12.2 Å². The van der Waals surface area contributed by atoms with Gasteiger partial charge in [0.2, 0.25) is 0 Å². The van der Waals surface area contributed by atoms with E-state index >= 15 is 0 Å². The second-order valence-corrected chi connectivity index (χ2v) is 6.46. The zero-order valence-electron chi connectivity index (χ0n) is 15.4. The number of hydrogen-bond donors (Lipinski definition) is 1. The highest BCUT2D eigenvalue weighted by atomic mass is 16.5. The maximum atomic E-state index is 12.3. The van der Waals surface area contributed by atoms with Crippen LogP contribution in [-0.2, 0) is 9.53 Å². The van der Waals surface area contributed by atoms with Crippen LogP contribution in [0.4, 0.5) is 0 Å². The predicted octanol–water partition coefficient (Wildman–Crippen LogP) is 4.65. The molecule has 0 bridgehead atoms. The lowest BCUT2D eigenvalue weighted by molar-refractivity contribution is -0.125. The molecule has 0 spiro atoms. The number of ether oxygens (including phenoxy) is 1. The van der Waals surface area contributed by atoms with Crippen molar-refractivity contribution in [1.82, 2.24) is 5.32 Å². The van der Waals surface area contributed by atoms with Gasteiger partial charge in [-0.2, -0.15) is 0 Å². The van der Waals surface area contributed by atoms with Gasteiger partial charge < -0.3 is 10.1 Å². The minimum absolute atomic E-state index is 0.0805. The highest BCUT2D eigenvalue weighted by molar-refractivity contribution is 5.96. The van der Waals surface area contributed by atoms with E-state index in [1.165, 1.54) is 0 Å². The molecule has 0 aliphatic rings. The first-order valence-corrected chi connectivity index (χ1v) is 9.17. The van der Waals surface area contributed by atoms with Crippen molar-refractivity contribution in [3.63, 3.8) is 0 Å². The third-order valence-corrected chi connectivity index (χ3v) is 4.43. The number of nitrogens with one attached hydrogen (secondary N) is 1. The van der Waals surface area contributed by atoms with Crippen molar-refractivity contribution in [2.45, 2.75) is 25.8 Å². The van der Waals surface area contributed by atoms with E-state index in [4.69, 9.17) is 4.74 Å². The summed E-state index contributed by atoms with van der Waals surface area (Å²) in [5.74, 6) is -0.797. The van der Waals surface area contributed by atoms with Crippen molar-refractivity contribution >= 4 is 22.6 Å². The predicted molar refractivity (Wildman–Crippen MR) is 106 cm³/mol. The van der Waals surface area contributed by atoms with E-state index in [0.717, 1.165) is 29.2 Å². The first-order chi connectivity index (χ1) is 13.2. The molecule has 0 saturated heterocycles. The van der Waals surface area contributed by atoms with Crippen molar-refractivity contribution in [2.24, 2.45) is 0 Å². The standard InChI is InChI=1S/C23H23NO3/c1-2-8-21(18-10-4-3-5-11-18)24-22(25)16-27-23(26)20-14-13-17-9-6-7-12-19(17)15-20/h3-7,9-15,21H,2,8,16H2,1H3,(H,24,25)/t21-/m1/s1. The number of benzene rings is 3. The SMILES string of the molecule is CCC[C@@H](NC(=O)COC(=O)c1ccc2ccccc2c1)c1ccccc1. The van der Waals surface area contributed by atoms with E-state index in [1.54, 1.807) is 12.1 Å². The van der Waals surface area contributed by atoms with Crippen LogP contribution in [-0.4, -0.2) is 18.5 Å². The van der Waals surface area contributed by atoms with Crippen LogP contribution in [0.3, 0.4) is 0 Å². The molecule has 1 atom stereocenters. The summed E-state index contributed by atoms with van der Waals surface area (Å²) >= 11 is 0. The molecule has 0 saturated carbocycles. The van der Waals surface area contributed by atoms with Gasteiger partial charge in [-0.1, -0.05) is 74.0 Å². The molecule has 4 heteroatoms. The summed E-state index contributed by atoms with van der Waals surface area (Å²) in [6.45, 7) is 1.78. The molecule has 3 rings (SSSR count). The molecule has 0 radical (unpaired) electrons. The highest BCUT2D eigenvalue weighted by Crippen LogP contribution is 2.18. The van der Waals surface area contributed by atoms with E-state index in [1.807, 2.05) is 60.7 Å². The molecule has 0 fully saturated rings. The maximum Gasteiger partial charge on any atom is 0.338 e. The summed E-state index contributed by atoms with van der Waals surface area (Å²) in [7, 11) is 0. The first kappa shape index (κ1) is 18.6. The third-order valence-electron chi connectivity index (χ3n) is 4.43. The van der Waals surface area contributed by atoms with Crippen LogP contribution >= 0.6 is 0 Å². The van der Waals surface area contributed by atoms with Gasteiger partial charge in [-0.25, -0.2) is 4.79 Å². The van der Waals surface area contributed by atoms with Crippen molar-refractivity contribution in [3.05, 3.63) is 83.9 Å². The first-order valence-electron chi connectivity index (χ1n) is 9.17. The number of rotatable bonds is 7. The Bertz CT molecular complexity index is 921. The number of carbonyl (C=O) groups is 2. The van der Waals surface area contributed by atoms with E-state index in [9.17, 15) is 9.59 Å². The number of fused-ring (bicyclic) bond motifs is 1. The Morgan fingerprint density at radius 1 is 0.926 bits per heavy atom. The summed E-state index contributed by atoms with van der Waals surface area (Å²) in [5, 5.41) is 4.97. The minimum atomic E-state index is -0.498. The molecule has 27 heavy (non-hydrogen) atoms. The fraction of sp³-hybridized carbons (Fsp3) is 0.217. The molecule has 0 heterocycles. The summed E-state index contributed by atoms with van der Waals surface area (Å²) < 4.78 is 5.20. The van der Waals surface area contributed by atoms with Gasteiger partial charge in [0.15, 0.2) is 6.61 Å². The van der Waals surface area contributed by atoms with Crippen LogP contribution in [0.15, 0.2) is 72.8 Å². The molecule has 0 unspecified atom stereocenters. The van der Waals surface area contributed by atoms with Gasteiger partial charge in [-0.15, -0.1) is 0 Å². The maximum absolute atomic E-state index is 12.3. The fourth-order valence-corrected chi connectivity index (χ4v) is 3.06. The van der Waals surface area contributed by atoms with Crippen molar-refractivity contribution in [2.75, 3.05) is 6.61 Å². The summed E-state index contributed by atoms with van der Waals surface area (Å²) in [6, 6.07) is 22.9. The van der Waals surface area contributed by atoms with E-state index < -0.39 is 5.97 Å². The Balaban J connectivity index is 1.59. The normalized spacial score (nSPS) is 11.7. The number of hydrogen-bond acceptors (Lipinski definition) is 3. The lowest BCUT2D eigenvalue weighted by Crippen LogP contribution is -2.32. The molecule has 0 aliphatic carbocycles. The molecule has 4 nitrogen and oxygen atoms in total. The second kappa shape index (κ2) is 8.99. The summed E-state index contributed by atoms with van der Waals surface area (Å²) in [4.78, 5) is 24.5. The molecule has 3 aromatic carbocycles. The lowest BCUT2D eigenvalue weighted by atomic mass is 10.0. The molecular formula is C23H23NO3. The lowest BCUT2D eigenvalue weighted by Gasteiger charge is -2.18. The third kappa shape index (κ3) is 4.94. The van der Waals surface area contributed by atoms with Crippen LogP contribution in [0.1, 0.15) is 41.7 Å². The zero-order valence-corrected chi connectivity index (χ0v) is 15.4. The fourth-order valence-electron chi connectivity index (χ4n) is 3.06. The van der Waals surface area contributed by atoms with Crippen molar-refractivity contribution in [3.8, 4) is 0 Å². The molecule has 138 valence electrons. The average Bonchev–Trinajstić information content (AvgIpc) is 2.72. The largest absolute Gasteiger partial charge is 0.452 e. The number of carbonyl (C=O) groups excluding carboxylic acids is 2. The molecule has 1 N–H and O–H groups in total. The average molecular weight is 361 g/mol. The molecular weight excluding hydrogens is 338 g/mol. The van der Waals surface area contributed by atoms with Gasteiger partial charge in [-0.05, 0) is 34.9 Å². The van der Waals surface area contributed by atoms with Gasteiger partial charge in [0.05, 0.1) is 11.6 Å². The van der Waals surface area contributed by atoms with Crippen LogP contribution in [0, 0.1) is 0 Å². The van der Waals surface area contributed by atoms with E-state index in [0.29, 0.717) is 5.56 Å². The summed E-state index contributed by atoms with van der Waals surface area (Å²) in [5.41, 5.74) is 1.49. The van der Waals surface area contributed by atoms with E-state index in [-0.39, 0.29) is 18.6 Å². The smallest absolute Gasteiger partial charge is 0.338 e. The Morgan fingerprint density at radius 3 is 2.37 bits per heavy atom. The quantitative estimate of drug-likeness (QED) is 0.623. The zero-order chi connectivity index (χ0) is 19.1. The second-order valence-electron chi connectivity index (χ2n) is 6.46. The van der Waals surface area contributed by atoms with Crippen LogP contribution in [0.2, 0.25) is 0 Å². The minimum Gasteiger partial charge on any atom is -0.452 e. The Kier molecular flexibility index (Phi) is 6.21.